The molecule has 0 aliphatic carbocycles. The quantitative estimate of drug-likeness (QED) is 0.801. The Balaban J connectivity index is 1.57. The number of hydrogen-bond donors (Lipinski definition) is 1. The van der Waals surface area contributed by atoms with Crippen molar-refractivity contribution in [3.63, 3.8) is 0 Å². The van der Waals surface area contributed by atoms with Crippen LogP contribution in [0.15, 0.2) is 17.5 Å². The zero-order valence-corrected chi connectivity index (χ0v) is 13.9. The first-order valence-electron chi connectivity index (χ1n) is 7.56. The van der Waals surface area contributed by atoms with Crippen LogP contribution in [0.5, 0.6) is 0 Å². The standard InChI is InChI=1S/C16H18N4O2S/c1-19(8-10-7-14-13(20(10)2)4-6-23-14)16(21)15-11-9-22-5-3-12(11)17-18-15/h4,6-7H,3,5,8-9H2,1-2H3,(H,17,18). The van der Waals surface area contributed by atoms with Crippen LogP contribution in [-0.2, 0) is 31.4 Å². The van der Waals surface area contributed by atoms with Crippen molar-refractivity contribution in [3.8, 4) is 0 Å². The number of carbonyl (C=O) groups is 1. The molecule has 1 aliphatic heterocycles. The lowest BCUT2D eigenvalue weighted by Crippen LogP contribution is -2.28. The third-order valence-corrected chi connectivity index (χ3v) is 5.26. The molecule has 1 N–H and O–H groups in total. The Labute approximate surface area is 137 Å². The van der Waals surface area contributed by atoms with Crippen LogP contribution in [0.4, 0.5) is 0 Å². The van der Waals surface area contributed by atoms with Crippen molar-refractivity contribution < 1.29 is 9.53 Å². The average Bonchev–Trinajstić information content (AvgIpc) is 3.24. The fraction of sp³-hybridized carbons (Fsp3) is 0.375. The lowest BCUT2D eigenvalue weighted by atomic mass is 10.1. The highest BCUT2D eigenvalue weighted by atomic mass is 32.1. The monoisotopic (exact) mass is 330 g/mol. The summed E-state index contributed by atoms with van der Waals surface area (Å²) >= 11 is 1.72. The molecule has 0 bridgehead atoms. The second kappa shape index (κ2) is 5.50. The molecule has 0 aromatic carbocycles. The number of carbonyl (C=O) groups excluding carboxylic acids is 1. The van der Waals surface area contributed by atoms with Crippen LogP contribution < -0.4 is 0 Å². The SMILES string of the molecule is CN(Cc1cc2sccc2n1C)C(=O)c1n[nH]c2c1COCC2. The maximum absolute atomic E-state index is 12.7. The third-order valence-electron chi connectivity index (χ3n) is 4.41. The highest BCUT2D eigenvalue weighted by Crippen LogP contribution is 2.25. The minimum atomic E-state index is -0.0717. The summed E-state index contributed by atoms with van der Waals surface area (Å²) in [5.41, 5.74) is 4.73. The van der Waals surface area contributed by atoms with Crippen molar-refractivity contribution in [2.45, 2.75) is 19.6 Å². The van der Waals surface area contributed by atoms with E-state index in [1.807, 2.05) is 14.1 Å². The normalized spacial score (nSPS) is 14.2. The minimum Gasteiger partial charge on any atom is -0.376 e. The molecule has 1 amide bonds. The van der Waals surface area contributed by atoms with Crippen molar-refractivity contribution in [3.05, 3.63) is 40.2 Å². The number of aromatic nitrogens is 3. The number of nitrogens with zero attached hydrogens (tertiary/aromatic N) is 3. The molecule has 6 nitrogen and oxygen atoms in total. The van der Waals surface area contributed by atoms with Gasteiger partial charge in [0.25, 0.3) is 5.91 Å². The van der Waals surface area contributed by atoms with Crippen LogP contribution in [0.25, 0.3) is 10.2 Å². The van der Waals surface area contributed by atoms with Gasteiger partial charge in [-0.3, -0.25) is 9.89 Å². The van der Waals surface area contributed by atoms with Crippen LogP contribution in [0, 0.1) is 0 Å². The molecule has 0 unspecified atom stereocenters. The number of aromatic amines is 1. The molecule has 0 fully saturated rings. The first-order chi connectivity index (χ1) is 11.1. The molecule has 4 heterocycles. The predicted molar refractivity (Wildman–Crippen MR) is 88.5 cm³/mol. The second-order valence-electron chi connectivity index (χ2n) is 5.86. The number of fused-ring (bicyclic) bond motifs is 2. The molecule has 0 saturated carbocycles. The first kappa shape index (κ1) is 14.5. The Hall–Kier alpha value is -2.12. The van der Waals surface area contributed by atoms with Crippen LogP contribution in [0.3, 0.4) is 0 Å². The third kappa shape index (κ3) is 2.36. The molecular formula is C16H18N4O2S. The van der Waals surface area contributed by atoms with E-state index in [9.17, 15) is 4.79 Å². The molecule has 3 aromatic heterocycles. The Bertz CT molecular complexity index is 876. The van der Waals surface area contributed by atoms with Crippen molar-refractivity contribution in [2.75, 3.05) is 13.7 Å². The molecule has 120 valence electrons. The maximum Gasteiger partial charge on any atom is 0.274 e. The van der Waals surface area contributed by atoms with E-state index in [-0.39, 0.29) is 5.91 Å². The van der Waals surface area contributed by atoms with E-state index in [1.165, 1.54) is 10.2 Å². The predicted octanol–water partition coefficient (Wildman–Crippen LogP) is 2.31. The van der Waals surface area contributed by atoms with Gasteiger partial charge in [-0.05, 0) is 17.5 Å². The average molecular weight is 330 g/mol. The number of rotatable bonds is 3. The summed E-state index contributed by atoms with van der Waals surface area (Å²) in [5, 5.41) is 9.27. The van der Waals surface area contributed by atoms with Gasteiger partial charge in [0, 0.05) is 37.5 Å². The Kier molecular flexibility index (Phi) is 3.46. The van der Waals surface area contributed by atoms with Gasteiger partial charge >= 0.3 is 0 Å². The van der Waals surface area contributed by atoms with Crippen LogP contribution in [0.1, 0.15) is 27.4 Å². The van der Waals surface area contributed by atoms with Crippen LogP contribution in [-0.4, -0.2) is 39.2 Å². The number of ether oxygens (including phenoxy) is 1. The van der Waals surface area contributed by atoms with Crippen molar-refractivity contribution in [2.24, 2.45) is 7.05 Å². The van der Waals surface area contributed by atoms with Gasteiger partial charge in [0.05, 0.1) is 30.0 Å². The molecule has 0 saturated heterocycles. The molecule has 0 radical (unpaired) electrons. The van der Waals surface area contributed by atoms with Gasteiger partial charge in [-0.25, -0.2) is 0 Å². The number of aryl methyl sites for hydroxylation is 1. The summed E-state index contributed by atoms with van der Waals surface area (Å²) < 4.78 is 8.84. The van der Waals surface area contributed by atoms with Crippen molar-refractivity contribution in [1.82, 2.24) is 19.7 Å². The molecular weight excluding hydrogens is 312 g/mol. The van der Waals surface area contributed by atoms with Gasteiger partial charge in [-0.15, -0.1) is 11.3 Å². The number of hydrogen-bond acceptors (Lipinski definition) is 4. The van der Waals surface area contributed by atoms with Crippen LogP contribution in [0.2, 0.25) is 0 Å². The summed E-state index contributed by atoms with van der Waals surface area (Å²) in [6.07, 6.45) is 0.785. The summed E-state index contributed by atoms with van der Waals surface area (Å²) in [6.45, 7) is 1.69. The van der Waals surface area contributed by atoms with Gasteiger partial charge in [0.15, 0.2) is 5.69 Å². The second-order valence-corrected chi connectivity index (χ2v) is 6.81. The minimum absolute atomic E-state index is 0.0717. The molecule has 4 rings (SSSR count). The molecule has 3 aromatic rings. The number of amides is 1. The highest BCUT2D eigenvalue weighted by molar-refractivity contribution is 7.17. The van der Waals surface area contributed by atoms with E-state index in [1.54, 1.807) is 16.2 Å². The Morgan fingerprint density at radius 2 is 2.43 bits per heavy atom. The van der Waals surface area contributed by atoms with Gasteiger partial charge in [0.2, 0.25) is 0 Å². The Morgan fingerprint density at radius 3 is 3.26 bits per heavy atom. The molecule has 0 spiro atoms. The summed E-state index contributed by atoms with van der Waals surface area (Å²) in [5.74, 6) is -0.0717. The largest absolute Gasteiger partial charge is 0.376 e. The van der Waals surface area contributed by atoms with E-state index in [0.29, 0.717) is 25.5 Å². The summed E-state index contributed by atoms with van der Waals surface area (Å²) in [4.78, 5) is 14.4. The van der Waals surface area contributed by atoms with E-state index < -0.39 is 0 Å². The van der Waals surface area contributed by atoms with Gasteiger partial charge in [-0.1, -0.05) is 0 Å². The zero-order chi connectivity index (χ0) is 16.0. The number of nitrogens with one attached hydrogen (secondary N) is 1. The highest BCUT2D eigenvalue weighted by Gasteiger charge is 2.25. The number of thiophene rings is 1. The fourth-order valence-corrected chi connectivity index (χ4v) is 3.91. The van der Waals surface area contributed by atoms with Crippen molar-refractivity contribution >= 4 is 27.5 Å². The molecule has 1 aliphatic rings. The number of H-pyrrole nitrogens is 1. The zero-order valence-electron chi connectivity index (χ0n) is 13.1. The van der Waals surface area contributed by atoms with Gasteiger partial charge < -0.3 is 14.2 Å². The molecule has 0 atom stereocenters. The Morgan fingerprint density at radius 1 is 1.57 bits per heavy atom. The topological polar surface area (TPSA) is 63.2 Å². The van der Waals surface area contributed by atoms with E-state index >= 15 is 0 Å². The lowest BCUT2D eigenvalue weighted by molar-refractivity contribution is 0.0762. The van der Waals surface area contributed by atoms with E-state index in [4.69, 9.17) is 4.74 Å². The lowest BCUT2D eigenvalue weighted by Gasteiger charge is -2.18. The van der Waals surface area contributed by atoms with E-state index in [0.717, 1.165) is 23.4 Å². The summed E-state index contributed by atoms with van der Waals surface area (Å²) in [7, 11) is 3.85. The van der Waals surface area contributed by atoms with Gasteiger partial charge in [0.1, 0.15) is 0 Å². The maximum atomic E-state index is 12.7. The first-order valence-corrected chi connectivity index (χ1v) is 8.44. The van der Waals surface area contributed by atoms with E-state index in [2.05, 4.69) is 32.3 Å². The van der Waals surface area contributed by atoms with Crippen LogP contribution >= 0.6 is 11.3 Å². The molecule has 23 heavy (non-hydrogen) atoms. The molecule has 7 heteroatoms. The summed E-state index contributed by atoms with van der Waals surface area (Å²) in [6, 6.07) is 4.25. The van der Waals surface area contributed by atoms with Crippen molar-refractivity contribution in [1.29, 1.82) is 0 Å². The van der Waals surface area contributed by atoms with Gasteiger partial charge in [-0.2, -0.15) is 5.10 Å². The smallest absolute Gasteiger partial charge is 0.274 e. The fourth-order valence-electron chi connectivity index (χ4n) is 3.04.